The zero-order chi connectivity index (χ0) is 19.2. The summed E-state index contributed by atoms with van der Waals surface area (Å²) in [5, 5.41) is 0. The third kappa shape index (κ3) is 4.96. The number of Topliss-reactive ketones (excluding diaryl/α,β-unsaturated/α-hetero) is 1. The SMILES string of the molecule is CC#CC(=O)C1CCCN(CCCC(C)(C)S(=O)(=O)c2ccccc2)C1. The van der Waals surface area contributed by atoms with Crippen molar-refractivity contribution in [3.8, 4) is 11.8 Å². The van der Waals surface area contributed by atoms with E-state index in [1.54, 1.807) is 45.0 Å². The van der Waals surface area contributed by atoms with Crippen LogP contribution in [-0.2, 0) is 14.6 Å². The number of piperidine rings is 1. The van der Waals surface area contributed by atoms with E-state index >= 15 is 0 Å². The predicted molar refractivity (Wildman–Crippen MR) is 105 cm³/mol. The molecule has 1 saturated heterocycles. The van der Waals surface area contributed by atoms with E-state index in [4.69, 9.17) is 0 Å². The Labute approximate surface area is 157 Å². The molecule has 0 N–H and O–H groups in total. The molecular weight excluding hydrogens is 346 g/mol. The van der Waals surface area contributed by atoms with Crippen molar-refractivity contribution in [2.45, 2.75) is 56.1 Å². The van der Waals surface area contributed by atoms with Gasteiger partial charge in [0.05, 0.1) is 9.64 Å². The van der Waals surface area contributed by atoms with Crippen molar-refractivity contribution in [2.75, 3.05) is 19.6 Å². The van der Waals surface area contributed by atoms with Crippen molar-refractivity contribution in [3.63, 3.8) is 0 Å². The lowest BCUT2D eigenvalue weighted by Gasteiger charge is -2.32. The van der Waals surface area contributed by atoms with Gasteiger partial charge in [0.25, 0.3) is 0 Å². The summed E-state index contributed by atoms with van der Waals surface area (Å²) < 4.78 is 24.9. The number of benzene rings is 1. The number of nitrogens with zero attached hydrogens (tertiary/aromatic N) is 1. The molecule has 5 heteroatoms. The van der Waals surface area contributed by atoms with Crippen LogP contribution in [0.4, 0.5) is 0 Å². The highest BCUT2D eigenvalue weighted by atomic mass is 32.2. The molecule has 1 unspecified atom stereocenters. The molecule has 1 heterocycles. The number of carbonyl (C=O) groups excluding carboxylic acids is 1. The summed E-state index contributed by atoms with van der Waals surface area (Å²) in [5.41, 5.74) is 0. The van der Waals surface area contributed by atoms with Gasteiger partial charge in [-0.3, -0.25) is 4.79 Å². The molecule has 0 radical (unpaired) electrons. The number of likely N-dealkylation sites (tertiary alicyclic amines) is 1. The van der Waals surface area contributed by atoms with E-state index in [0.717, 1.165) is 38.9 Å². The fourth-order valence-corrected chi connectivity index (χ4v) is 5.05. The van der Waals surface area contributed by atoms with Crippen molar-refractivity contribution in [1.82, 2.24) is 4.90 Å². The fourth-order valence-electron chi connectivity index (χ4n) is 3.48. The first-order valence-electron chi connectivity index (χ1n) is 9.26. The van der Waals surface area contributed by atoms with E-state index in [-0.39, 0.29) is 11.7 Å². The second kappa shape index (κ2) is 8.83. The fraction of sp³-hybridized carbons (Fsp3) is 0.571. The van der Waals surface area contributed by atoms with Gasteiger partial charge in [0, 0.05) is 12.5 Å². The molecule has 26 heavy (non-hydrogen) atoms. The number of sulfone groups is 1. The van der Waals surface area contributed by atoms with Crippen molar-refractivity contribution in [3.05, 3.63) is 30.3 Å². The lowest BCUT2D eigenvalue weighted by Crippen LogP contribution is -2.40. The molecular formula is C21H29NO3S. The quantitative estimate of drug-likeness (QED) is 0.542. The Morgan fingerprint density at radius 3 is 2.62 bits per heavy atom. The lowest BCUT2D eigenvalue weighted by molar-refractivity contribution is -0.118. The smallest absolute Gasteiger partial charge is 0.209 e. The largest absolute Gasteiger partial charge is 0.303 e. The monoisotopic (exact) mass is 375 g/mol. The Morgan fingerprint density at radius 2 is 1.96 bits per heavy atom. The molecule has 1 aliphatic heterocycles. The van der Waals surface area contributed by atoms with Gasteiger partial charge in [0.2, 0.25) is 5.78 Å². The first-order valence-corrected chi connectivity index (χ1v) is 10.7. The van der Waals surface area contributed by atoms with Crippen LogP contribution in [0.15, 0.2) is 35.2 Å². The Morgan fingerprint density at radius 1 is 1.27 bits per heavy atom. The molecule has 0 aromatic heterocycles. The topological polar surface area (TPSA) is 54.5 Å². The number of hydrogen-bond donors (Lipinski definition) is 0. The van der Waals surface area contributed by atoms with Crippen LogP contribution in [0, 0.1) is 17.8 Å². The molecule has 0 aliphatic carbocycles. The summed E-state index contributed by atoms with van der Waals surface area (Å²) in [6.45, 7) is 7.81. The Bertz CT molecular complexity index is 772. The maximum absolute atomic E-state index is 12.9. The molecule has 2 rings (SSSR count). The highest BCUT2D eigenvalue weighted by molar-refractivity contribution is 7.92. The van der Waals surface area contributed by atoms with Crippen molar-refractivity contribution < 1.29 is 13.2 Å². The first kappa shape index (κ1) is 20.7. The Kier molecular flexibility index (Phi) is 7.02. The minimum Gasteiger partial charge on any atom is -0.303 e. The van der Waals surface area contributed by atoms with Gasteiger partial charge in [-0.15, -0.1) is 0 Å². The van der Waals surface area contributed by atoms with Gasteiger partial charge in [-0.25, -0.2) is 8.42 Å². The minimum atomic E-state index is -3.36. The number of ketones is 1. The predicted octanol–water partition coefficient (Wildman–Crippen LogP) is 3.32. The molecule has 1 aromatic carbocycles. The van der Waals surface area contributed by atoms with Gasteiger partial charge in [-0.1, -0.05) is 24.1 Å². The van der Waals surface area contributed by atoms with E-state index in [2.05, 4.69) is 16.7 Å². The van der Waals surface area contributed by atoms with Gasteiger partial charge >= 0.3 is 0 Å². The van der Waals surface area contributed by atoms with Crippen molar-refractivity contribution in [2.24, 2.45) is 5.92 Å². The molecule has 4 nitrogen and oxygen atoms in total. The lowest BCUT2D eigenvalue weighted by atomic mass is 9.93. The maximum atomic E-state index is 12.9. The summed E-state index contributed by atoms with van der Waals surface area (Å²) in [6, 6.07) is 8.66. The zero-order valence-corrected chi connectivity index (χ0v) is 16.8. The number of hydrogen-bond acceptors (Lipinski definition) is 4. The summed E-state index contributed by atoms with van der Waals surface area (Å²) in [4.78, 5) is 14.6. The average molecular weight is 376 g/mol. The van der Waals surface area contributed by atoms with Crippen LogP contribution in [0.2, 0.25) is 0 Å². The van der Waals surface area contributed by atoms with Crippen LogP contribution in [0.3, 0.4) is 0 Å². The third-order valence-electron chi connectivity index (χ3n) is 5.16. The van der Waals surface area contributed by atoms with E-state index in [1.165, 1.54) is 0 Å². The molecule has 142 valence electrons. The summed E-state index contributed by atoms with van der Waals surface area (Å²) in [6.07, 6.45) is 3.28. The Hall–Kier alpha value is -1.64. The second-order valence-electron chi connectivity index (χ2n) is 7.56. The molecule has 0 saturated carbocycles. The second-order valence-corrected chi connectivity index (χ2v) is 10.1. The van der Waals surface area contributed by atoms with Crippen LogP contribution >= 0.6 is 0 Å². The highest BCUT2D eigenvalue weighted by Crippen LogP contribution is 2.29. The highest BCUT2D eigenvalue weighted by Gasteiger charge is 2.35. The van der Waals surface area contributed by atoms with Gasteiger partial charge in [0.15, 0.2) is 9.84 Å². The number of rotatable bonds is 7. The van der Waals surface area contributed by atoms with Crippen LogP contribution in [-0.4, -0.2) is 43.5 Å². The molecule has 1 aliphatic rings. The van der Waals surface area contributed by atoms with Crippen LogP contribution in [0.25, 0.3) is 0 Å². The van der Waals surface area contributed by atoms with Crippen LogP contribution in [0.5, 0.6) is 0 Å². The Balaban J connectivity index is 1.91. The van der Waals surface area contributed by atoms with Crippen LogP contribution in [0.1, 0.15) is 46.5 Å². The summed E-state index contributed by atoms with van der Waals surface area (Å²) >= 11 is 0. The van der Waals surface area contributed by atoms with Crippen molar-refractivity contribution in [1.29, 1.82) is 0 Å². The molecule has 0 bridgehead atoms. The summed E-state index contributed by atoms with van der Waals surface area (Å²) in [5.74, 6) is 5.38. The first-order chi connectivity index (χ1) is 12.3. The van der Waals surface area contributed by atoms with E-state index in [1.807, 2.05) is 6.07 Å². The molecule has 0 spiro atoms. The van der Waals surface area contributed by atoms with Gasteiger partial charge < -0.3 is 4.90 Å². The van der Waals surface area contributed by atoms with Gasteiger partial charge in [-0.2, -0.15) is 0 Å². The standard InChI is InChI=1S/C21H29NO3S/c1-4-10-20(23)18-11-8-15-22(17-18)16-9-14-21(2,3)26(24,25)19-12-6-5-7-13-19/h5-7,12-13,18H,8-9,11,14-17H2,1-3H3. The maximum Gasteiger partial charge on any atom is 0.209 e. The molecule has 1 atom stereocenters. The average Bonchev–Trinajstić information content (AvgIpc) is 2.62. The summed E-state index contributed by atoms with van der Waals surface area (Å²) in [7, 11) is -3.36. The van der Waals surface area contributed by atoms with Crippen LogP contribution < -0.4 is 0 Å². The molecule has 0 amide bonds. The molecule has 1 aromatic rings. The minimum absolute atomic E-state index is 0.00254. The third-order valence-corrected chi connectivity index (χ3v) is 7.71. The number of carbonyl (C=O) groups is 1. The molecule has 1 fully saturated rings. The van der Waals surface area contributed by atoms with E-state index in [9.17, 15) is 13.2 Å². The van der Waals surface area contributed by atoms with E-state index in [0.29, 0.717) is 11.3 Å². The normalized spacial score (nSPS) is 18.8. The van der Waals surface area contributed by atoms with Crippen molar-refractivity contribution >= 4 is 15.6 Å². The zero-order valence-electron chi connectivity index (χ0n) is 16.0. The van der Waals surface area contributed by atoms with E-state index < -0.39 is 14.6 Å². The van der Waals surface area contributed by atoms with Gasteiger partial charge in [0.1, 0.15) is 0 Å². The van der Waals surface area contributed by atoms with Gasteiger partial charge in [-0.05, 0) is 77.6 Å².